The van der Waals surface area contributed by atoms with E-state index in [2.05, 4.69) is 22.5 Å². The monoisotopic (exact) mass is 277 g/mol. The minimum absolute atomic E-state index is 0.411. The van der Waals surface area contributed by atoms with Gasteiger partial charge in [-0.3, -0.25) is 0 Å². The van der Waals surface area contributed by atoms with E-state index in [4.69, 9.17) is 4.74 Å². The quantitative estimate of drug-likeness (QED) is 0.838. The molecule has 2 atom stereocenters. The summed E-state index contributed by atoms with van der Waals surface area (Å²) in [6, 6.07) is 5.03. The number of pyridine rings is 1. The van der Waals surface area contributed by atoms with Gasteiger partial charge >= 0.3 is 0 Å². The Morgan fingerprint density at radius 3 is 3.20 bits per heavy atom. The summed E-state index contributed by atoms with van der Waals surface area (Å²) < 4.78 is 5.56. The van der Waals surface area contributed by atoms with Gasteiger partial charge in [-0.05, 0) is 51.8 Å². The Morgan fingerprint density at radius 2 is 2.35 bits per heavy atom. The molecule has 0 saturated carbocycles. The molecule has 1 fully saturated rings. The molecule has 0 aliphatic carbocycles. The van der Waals surface area contributed by atoms with Crippen molar-refractivity contribution in [2.24, 2.45) is 0 Å². The summed E-state index contributed by atoms with van der Waals surface area (Å²) in [5, 5.41) is 7.19. The van der Waals surface area contributed by atoms with E-state index in [0.29, 0.717) is 24.6 Å². The molecule has 1 aliphatic heterocycles. The second-order valence-electron chi connectivity index (χ2n) is 5.57. The lowest BCUT2D eigenvalue weighted by molar-refractivity contribution is 0.328. The number of nitrogens with zero attached hydrogens (tertiary/aromatic N) is 1. The van der Waals surface area contributed by atoms with Gasteiger partial charge in [0, 0.05) is 18.3 Å². The van der Waals surface area contributed by atoms with Crippen molar-refractivity contribution in [3.8, 4) is 5.88 Å². The first-order valence-corrected chi connectivity index (χ1v) is 7.87. The smallest absolute Gasteiger partial charge is 0.237 e. The lowest BCUT2D eigenvalue weighted by Gasteiger charge is -2.22. The zero-order valence-electron chi connectivity index (χ0n) is 12.7. The normalized spacial score (nSPS) is 21.0. The number of hydrogen-bond donors (Lipinski definition) is 2. The zero-order chi connectivity index (χ0) is 14.2. The number of nitrogens with one attached hydrogen (secondary N) is 2. The van der Waals surface area contributed by atoms with Crippen LogP contribution in [0.25, 0.3) is 0 Å². The summed E-state index contributed by atoms with van der Waals surface area (Å²) >= 11 is 0. The SMILES string of the molecule is CCOc1ncccc1NC(C)CC1CCCCCN1. The molecule has 112 valence electrons. The summed E-state index contributed by atoms with van der Waals surface area (Å²) in [5.74, 6) is 0.704. The maximum Gasteiger partial charge on any atom is 0.237 e. The number of rotatable bonds is 6. The minimum atomic E-state index is 0.411. The van der Waals surface area contributed by atoms with Crippen LogP contribution in [0.3, 0.4) is 0 Å². The fraction of sp³-hybridized carbons (Fsp3) is 0.688. The van der Waals surface area contributed by atoms with Gasteiger partial charge in [-0.1, -0.05) is 12.8 Å². The van der Waals surface area contributed by atoms with E-state index in [1.54, 1.807) is 6.20 Å². The van der Waals surface area contributed by atoms with Gasteiger partial charge in [0.05, 0.1) is 12.3 Å². The third-order valence-electron chi connectivity index (χ3n) is 3.75. The van der Waals surface area contributed by atoms with Crippen molar-refractivity contribution in [3.63, 3.8) is 0 Å². The molecule has 1 aromatic rings. The van der Waals surface area contributed by atoms with E-state index in [9.17, 15) is 0 Å². The molecule has 0 radical (unpaired) electrons. The van der Waals surface area contributed by atoms with E-state index in [1.165, 1.54) is 25.7 Å². The number of aromatic nitrogens is 1. The summed E-state index contributed by atoms with van der Waals surface area (Å²) in [7, 11) is 0. The van der Waals surface area contributed by atoms with E-state index in [0.717, 1.165) is 18.7 Å². The van der Waals surface area contributed by atoms with E-state index in [-0.39, 0.29) is 0 Å². The van der Waals surface area contributed by atoms with Gasteiger partial charge < -0.3 is 15.4 Å². The van der Waals surface area contributed by atoms with Crippen molar-refractivity contribution >= 4 is 5.69 Å². The minimum Gasteiger partial charge on any atom is -0.476 e. The predicted octanol–water partition coefficient (Wildman–Crippen LogP) is 3.20. The molecular weight excluding hydrogens is 250 g/mol. The molecule has 0 aromatic carbocycles. The Balaban J connectivity index is 1.88. The molecule has 2 rings (SSSR count). The fourth-order valence-corrected chi connectivity index (χ4v) is 2.81. The Labute approximate surface area is 122 Å². The first-order chi connectivity index (χ1) is 9.79. The van der Waals surface area contributed by atoms with Crippen molar-refractivity contribution in [1.29, 1.82) is 0 Å². The Hall–Kier alpha value is -1.29. The van der Waals surface area contributed by atoms with Gasteiger partial charge in [0.25, 0.3) is 0 Å². The van der Waals surface area contributed by atoms with Gasteiger partial charge in [-0.25, -0.2) is 4.98 Å². The van der Waals surface area contributed by atoms with Crippen molar-refractivity contribution in [3.05, 3.63) is 18.3 Å². The van der Waals surface area contributed by atoms with Crippen LogP contribution in [-0.2, 0) is 0 Å². The van der Waals surface area contributed by atoms with Gasteiger partial charge in [-0.2, -0.15) is 0 Å². The third-order valence-corrected chi connectivity index (χ3v) is 3.75. The van der Waals surface area contributed by atoms with E-state index < -0.39 is 0 Å². The zero-order valence-corrected chi connectivity index (χ0v) is 12.7. The second kappa shape index (κ2) is 8.10. The molecule has 4 nitrogen and oxygen atoms in total. The van der Waals surface area contributed by atoms with E-state index >= 15 is 0 Å². The number of hydrogen-bond acceptors (Lipinski definition) is 4. The molecule has 0 amide bonds. The van der Waals surface area contributed by atoms with Gasteiger partial charge in [-0.15, -0.1) is 0 Å². The second-order valence-corrected chi connectivity index (χ2v) is 5.57. The Bertz CT molecular complexity index is 389. The molecule has 2 unspecified atom stereocenters. The highest BCUT2D eigenvalue weighted by molar-refractivity contribution is 5.52. The summed E-state index contributed by atoms with van der Waals surface area (Å²) in [6.45, 7) is 6.02. The maximum atomic E-state index is 5.56. The number of ether oxygens (including phenoxy) is 1. The van der Waals surface area contributed by atoms with Gasteiger partial charge in [0.1, 0.15) is 0 Å². The molecule has 1 aromatic heterocycles. The predicted molar refractivity (Wildman–Crippen MR) is 83.4 cm³/mol. The largest absolute Gasteiger partial charge is 0.476 e. The van der Waals surface area contributed by atoms with Crippen LogP contribution in [0.2, 0.25) is 0 Å². The fourth-order valence-electron chi connectivity index (χ4n) is 2.81. The van der Waals surface area contributed by atoms with Crippen molar-refractivity contribution < 1.29 is 4.74 Å². The molecular formula is C16H27N3O. The highest BCUT2D eigenvalue weighted by atomic mass is 16.5. The lowest BCUT2D eigenvalue weighted by Crippen LogP contribution is -2.33. The highest BCUT2D eigenvalue weighted by Gasteiger charge is 2.16. The molecule has 2 heterocycles. The first-order valence-electron chi connectivity index (χ1n) is 7.87. The van der Waals surface area contributed by atoms with Crippen LogP contribution in [0.4, 0.5) is 5.69 Å². The molecule has 4 heteroatoms. The average Bonchev–Trinajstić information content (AvgIpc) is 2.70. The Kier molecular flexibility index (Phi) is 6.12. The molecule has 2 N–H and O–H groups in total. The first kappa shape index (κ1) is 15.1. The maximum absolute atomic E-state index is 5.56. The molecule has 0 spiro atoms. The summed E-state index contributed by atoms with van der Waals surface area (Å²) in [6.07, 6.45) is 8.23. The lowest BCUT2D eigenvalue weighted by atomic mass is 10.0. The average molecular weight is 277 g/mol. The van der Waals surface area contributed by atoms with Crippen molar-refractivity contribution in [2.75, 3.05) is 18.5 Å². The van der Waals surface area contributed by atoms with E-state index in [1.807, 2.05) is 19.1 Å². The molecule has 20 heavy (non-hydrogen) atoms. The van der Waals surface area contributed by atoms with Crippen LogP contribution in [-0.4, -0.2) is 30.2 Å². The topological polar surface area (TPSA) is 46.2 Å². The van der Waals surface area contributed by atoms with Crippen molar-refractivity contribution in [1.82, 2.24) is 10.3 Å². The van der Waals surface area contributed by atoms with Crippen LogP contribution in [0.5, 0.6) is 5.88 Å². The summed E-state index contributed by atoms with van der Waals surface area (Å²) in [4.78, 5) is 4.28. The summed E-state index contributed by atoms with van der Waals surface area (Å²) in [5.41, 5.74) is 0.996. The molecule has 1 aliphatic rings. The molecule has 0 bridgehead atoms. The van der Waals surface area contributed by atoms with Crippen LogP contribution >= 0.6 is 0 Å². The standard InChI is InChI=1S/C16H27N3O/c1-3-20-16-15(9-7-11-18-16)19-13(2)12-14-8-5-4-6-10-17-14/h7,9,11,13-14,17,19H,3-6,8,10,12H2,1-2H3. The van der Waals surface area contributed by atoms with Gasteiger partial charge in [0.15, 0.2) is 0 Å². The van der Waals surface area contributed by atoms with Crippen LogP contribution in [0.1, 0.15) is 46.0 Å². The Morgan fingerprint density at radius 1 is 1.45 bits per heavy atom. The molecule has 1 saturated heterocycles. The van der Waals surface area contributed by atoms with Crippen LogP contribution < -0.4 is 15.4 Å². The number of anilines is 1. The third kappa shape index (κ3) is 4.67. The van der Waals surface area contributed by atoms with Gasteiger partial charge in [0.2, 0.25) is 5.88 Å². The van der Waals surface area contributed by atoms with Crippen LogP contribution in [0.15, 0.2) is 18.3 Å². The highest BCUT2D eigenvalue weighted by Crippen LogP contribution is 2.23. The van der Waals surface area contributed by atoms with Crippen LogP contribution in [0, 0.1) is 0 Å². The van der Waals surface area contributed by atoms with Crippen molar-refractivity contribution in [2.45, 2.75) is 58.0 Å².